The van der Waals surface area contributed by atoms with E-state index in [1.54, 1.807) is 0 Å². The molecule has 2 amide bonds. The molecule has 1 aliphatic carbocycles. The molecule has 1 saturated carbocycles. The fourth-order valence-electron chi connectivity index (χ4n) is 2.86. The van der Waals surface area contributed by atoms with Crippen LogP contribution in [0.5, 0.6) is 0 Å². The fourth-order valence-corrected chi connectivity index (χ4v) is 2.86. The minimum atomic E-state index is -0.548. The van der Waals surface area contributed by atoms with Crippen LogP contribution in [0.4, 0.5) is 0 Å². The first-order valence-electron chi connectivity index (χ1n) is 6.32. The predicted molar refractivity (Wildman–Crippen MR) is 68.1 cm³/mol. The highest BCUT2D eigenvalue weighted by atomic mass is 16.2. The van der Waals surface area contributed by atoms with Crippen LogP contribution in [0.15, 0.2) is 24.3 Å². The van der Waals surface area contributed by atoms with E-state index in [1.807, 2.05) is 12.1 Å². The highest BCUT2D eigenvalue weighted by Gasteiger charge is 2.69. The van der Waals surface area contributed by atoms with Gasteiger partial charge >= 0.3 is 0 Å². The molecule has 2 fully saturated rings. The van der Waals surface area contributed by atoms with Crippen molar-refractivity contribution in [3.8, 4) is 0 Å². The third-order valence-electron chi connectivity index (χ3n) is 4.19. The van der Waals surface area contributed by atoms with Gasteiger partial charge in [0.1, 0.15) is 0 Å². The van der Waals surface area contributed by atoms with Gasteiger partial charge < -0.3 is 0 Å². The van der Waals surface area contributed by atoms with Crippen molar-refractivity contribution in [2.45, 2.75) is 38.0 Å². The van der Waals surface area contributed by atoms with Crippen molar-refractivity contribution in [2.75, 3.05) is 0 Å². The van der Waals surface area contributed by atoms with Crippen molar-refractivity contribution in [1.82, 2.24) is 5.32 Å². The van der Waals surface area contributed by atoms with Gasteiger partial charge in [0, 0.05) is 0 Å². The lowest BCUT2D eigenvalue weighted by Crippen LogP contribution is -2.30. The Balaban J connectivity index is 1.96. The summed E-state index contributed by atoms with van der Waals surface area (Å²) < 4.78 is 0. The highest BCUT2D eigenvalue weighted by molar-refractivity contribution is 6.15. The number of carbonyl (C=O) groups excluding carboxylic acids is 2. The van der Waals surface area contributed by atoms with Gasteiger partial charge in [-0.1, -0.05) is 45.0 Å². The Morgan fingerprint density at radius 3 is 2.17 bits per heavy atom. The Bertz CT molecular complexity index is 539. The van der Waals surface area contributed by atoms with Crippen LogP contribution in [-0.4, -0.2) is 11.8 Å². The van der Waals surface area contributed by atoms with Crippen LogP contribution in [0.2, 0.25) is 0 Å². The number of benzene rings is 1. The lowest BCUT2D eigenvalue weighted by Gasteiger charge is -2.20. The number of hydrogen-bond donors (Lipinski definition) is 1. The molecule has 3 nitrogen and oxygen atoms in total. The topological polar surface area (TPSA) is 46.2 Å². The zero-order valence-corrected chi connectivity index (χ0v) is 10.9. The molecule has 0 radical (unpaired) electrons. The molecule has 3 rings (SSSR count). The Labute approximate surface area is 107 Å². The van der Waals surface area contributed by atoms with Crippen LogP contribution in [-0.2, 0) is 20.4 Å². The summed E-state index contributed by atoms with van der Waals surface area (Å²) >= 11 is 0. The SMILES string of the molecule is CC(C)(C)c1ccc(C23CC2C(=O)NC3=O)cc1. The van der Waals surface area contributed by atoms with Gasteiger partial charge in [0.2, 0.25) is 11.8 Å². The van der Waals surface area contributed by atoms with Crippen LogP contribution >= 0.6 is 0 Å². The summed E-state index contributed by atoms with van der Waals surface area (Å²) in [6, 6.07) is 8.13. The average Bonchev–Trinajstić information content (AvgIpc) is 2.99. The van der Waals surface area contributed by atoms with E-state index >= 15 is 0 Å². The molecule has 2 unspecified atom stereocenters. The summed E-state index contributed by atoms with van der Waals surface area (Å²) in [5.74, 6) is -0.369. The van der Waals surface area contributed by atoms with E-state index in [-0.39, 0.29) is 23.1 Å². The minimum absolute atomic E-state index is 0.104. The number of nitrogens with one attached hydrogen (secondary N) is 1. The number of rotatable bonds is 1. The van der Waals surface area contributed by atoms with E-state index in [0.717, 1.165) is 5.56 Å². The van der Waals surface area contributed by atoms with Crippen LogP contribution in [0, 0.1) is 5.92 Å². The molecule has 94 valence electrons. The summed E-state index contributed by atoms with van der Waals surface area (Å²) in [5, 5.41) is 2.42. The second kappa shape index (κ2) is 3.22. The lowest BCUT2D eigenvalue weighted by atomic mass is 9.84. The molecular weight excluding hydrogens is 226 g/mol. The lowest BCUT2D eigenvalue weighted by molar-refractivity contribution is -0.127. The molecule has 0 spiro atoms. The number of imide groups is 1. The van der Waals surface area contributed by atoms with Gasteiger partial charge in [-0.3, -0.25) is 14.9 Å². The van der Waals surface area contributed by atoms with Crippen LogP contribution in [0.25, 0.3) is 0 Å². The van der Waals surface area contributed by atoms with E-state index in [2.05, 4.69) is 38.2 Å². The molecule has 1 aromatic rings. The van der Waals surface area contributed by atoms with Gasteiger partial charge in [0.05, 0.1) is 11.3 Å². The van der Waals surface area contributed by atoms with Gasteiger partial charge in [-0.2, -0.15) is 0 Å². The molecule has 0 aromatic heterocycles. The number of amides is 2. The normalized spacial score (nSPS) is 30.1. The molecule has 1 aromatic carbocycles. The maximum atomic E-state index is 11.9. The quantitative estimate of drug-likeness (QED) is 0.766. The summed E-state index contributed by atoms with van der Waals surface area (Å²) in [6.07, 6.45) is 0.673. The largest absolute Gasteiger partial charge is 0.295 e. The van der Waals surface area contributed by atoms with Gasteiger partial charge in [-0.25, -0.2) is 0 Å². The Morgan fingerprint density at radius 2 is 1.78 bits per heavy atom. The fraction of sp³-hybridized carbons (Fsp3) is 0.467. The predicted octanol–water partition coefficient (Wildman–Crippen LogP) is 1.90. The number of piperidine rings is 1. The monoisotopic (exact) mass is 243 g/mol. The van der Waals surface area contributed by atoms with Crippen molar-refractivity contribution >= 4 is 11.8 Å². The van der Waals surface area contributed by atoms with Crippen LogP contribution in [0.3, 0.4) is 0 Å². The van der Waals surface area contributed by atoms with Gasteiger partial charge in [-0.15, -0.1) is 0 Å². The summed E-state index contributed by atoms with van der Waals surface area (Å²) in [7, 11) is 0. The molecule has 1 N–H and O–H groups in total. The van der Waals surface area contributed by atoms with Crippen LogP contribution in [0.1, 0.15) is 38.3 Å². The highest BCUT2D eigenvalue weighted by Crippen LogP contribution is 2.57. The van der Waals surface area contributed by atoms with Crippen molar-refractivity contribution in [1.29, 1.82) is 0 Å². The standard InChI is InChI=1S/C15H17NO2/c1-14(2,3)9-4-6-10(7-5-9)15-8-11(15)12(17)16-13(15)18/h4-7,11H,8H2,1-3H3,(H,16,17,18). The maximum absolute atomic E-state index is 11.9. The molecule has 1 heterocycles. The first-order valence-corrected chi connectivity index (χ1v) is 6.32. The number of fused-ring (bicyclic) bond motifs is 1. The van der Waals surface area contributed by atoms with Gasteiger partial charge in [-0.05, 0) is 23.0 Å². The Kier molecular flexibility index (Phi) is 2.05. The van der Waals surface area contributed by atoms with Crippen molar-refractivity contribution in [2.24, 2.45) is 5.92 Å². The van der Waals surface area contributed by atoms with E-state index in [0.29, 0.717) is 6.42 Å². The first kappa shape index (κ1) is 11.5. The zero-order chi connectivity index (χ0) is 13.1. The third kappa shape index (κ3) is 1.36. The van der Waals surface area contributed by atoms with Crippen molar-refractivity contribution < 1.29 is 9.59 Å². The molecule has 1 aliphatic heterocycles. The average molecular weight is 243 g/mol. The van der Waals surface area contributed by atoms with E-state index in [4.69, 9.17) is 0 Å². The Hall–Kier alpha value is -1.64. The van der Waals surface area contributed by atoms with Crippen LogP contribution < -0.4 is 5.32 Å². The van der Waals surface area contributed by atoms with Gasteiger partial charge in [0.25, 0.3) is 0 Å². The second-order valence-corrected chi connectivity index (χ2v) is 6.37. The molecule has 0 bridgehead atoms. The smallest absolute Gasteiger partial charge is 0.238 e. The third-order valence-corrected chi connectivity index (χ3v) is 4.19. The zero-order valence-electron chi connectivity index (χ0n) is 10.9. The minimum Gasteiger partial charge on any atom is -0.295 e. The van der Waals surface area contributed by atoms with E-state index in [9.17, 15) is 9.59 Å². The molecule has 1 saturated heterocycles. The molecule has 2 atom stereocenters. The second-order valence-electron chi connectivity index (χ2n) is 6.37. The van der Waals surface area contributed by atoms with E-state index < -0.39 is 5.41 Å². The molecule has 3 heteroatoms. The Morgan fingerprint density at radius 1 is 1.17 bits per heavy atom. The molecule has 2 aliphatic rings. The summed E-state index contributed by atoms with van der Waals surface area (Å²) in [4.78, 5) is 23.4. The number of hydrogen-bond acceptors (Lipinski definition) is 2. The first-order chi connectivity index (χ1) is 8.35. The molecule has 18 heavy (non-hydrogen) atoms. The van der Waals surface area contributed by atoms with Gasteiger partial charge in [0.15, 0.2) is 0 Å². The maximum Gasteiger partial charge on any atom is 0.238 e. The van der Waals surface area contributed by atoms with E-state index in [1.165, 1.54) is 5.56 Å². The van der Waals surface area contributed by atoms with Crippen molar-refractivity contribution in [3.05, 3.63) is 35.4 Å². The molecular formula is C15H17NO2. The summed E-state index contributed by atoms with van der Waals surface area (Å²) in [6.45, 7) is 6.48. The van der Waals surface area contributed by atoms with Crippen molar-refractivity contribution in [3.63, 3.8) is 0 Å². The number of carbonyl (C=O) groups is 2. The summed E-state index contributed by atoms with van der Waals surface area (Å²) in [5.41, 5.74) is 1.77.